The van der Waals surface area contributed by atoms with Crippen LogP contribution in [0.25, 0.3) is 10.2 Å². The highest BCUT2D eigenvalue weighted by Crippen LogP contribution is 2.57. The Morgan fingerprint density at radius 1 is 1.33 bits per heavy atom. The Morgan fingerprint density at radius 2 is 2.05 bits per heavy atom. The molecule has 2 saturated carbocycles. The van der Waals surface area contributed by atoms with Crippen LogP contribution in [0.5, 0.6) is 0 Å². The summed E-state index contributed by atoms with van der Waals surface area (Å²) < 4.78 is 1.01. The number of benzene rings is 1. The number of aliphatic hydroxyl groups is 1. The fourth-order valence-corrected chi connectivity index (χ4v) is 5.61. The van der Waals surface area contributed by atoms with E-state index in [-0.39, 0.29) is 0 Å². The molecule has 0 aliphatic heterocycles. The van der Waals surface area contributed by atoms with Crippen LogP contribution in [0.15, 0.2) is 18.2 Å². The Morgan fingerprint density at radius 3 is 2.71 bits per heavy atom. The predicted molar refractivity (Wildman–Crippen MR) is 82.8 cm³/mol. The SMILES string of the molecule is CC1C[C@H]2CC[C@@H](C1)C2(O)c1nc2ccc(C#N)cc2s1. The number of rotatable bonds is 1. The Balaban J connectivity index is 1.81. The number of hydrogen-bond acceptors (Lipinski definition) is 4. The van der Waals surface area contributed by atoms with Crippen molar-refractivity contribution in [2.75, 3.05) is 0 Å². The van der Waals surface area contributed by atoms with E-state index in [1.165, 1.54) is 0 Å². The predicted octanol–water partition coefficient (Wildman–Crippen LogP) is 3.81. The topological polar surface area (TPSA) is 56.9 Å². The van der Waals surface area contributed by atoms with Crippen molar-refractivity contribution < 1.29 is 5.11 Å². The second-order valence-electron chi connectivity index (χ2n) is 6.69. The molecule has 2 aliphatic rings. The minimum atomic E-state index is -0.733. The van der Waals surface area contributed by atoms with Crippen molar-refractivity contribution in [3.8, 4) is 6.07 Å². The van der Waals surface area contributed by atoms with Gasteiger partial charge in [0.1, 0.15) is 10.6 Å². The van der Waals surface area contributed by atoms with Gasteiger partial charge < -0.3 is 5.11 Å². The highest BCUT2D eigenvalue weighted by Gasteiger charge is 2.55. The van der Waals surface area contributed by atoms with E-state index < -0.39 is 5.60 Å². The molecular weight excluding hydrogens is 280 g/mol. The first kappa shape index (κ1) is 13.2. The van der Waals surface area contributed by atoms with Crippen LogP contribution in [0.1, 0.15) is 43.2 Å². The third-order valence-corrected chi connectivity index (χ3v) is 6.50. The zero-order chi connectivity index (χ0) is 14.6. The minimum absolute atomic E-state index is 0.349. The third kappa shape index (κ3) is 1.84. The third-order valence-electron chi connectivity index (χ3n) is 5.34. The molecule has 4 rings (SSSR count). The van der Waals surface area contributed by atoms with Crippen LogP contribution < -0.4 is 0 Å². The van der Waals surface area contributed by atoms with E-state index in [2.05, 4.69) is 13.0 Å². The van der Waals surface area contributed by atoms with Crippen LogP contribution >= 0.6 is 11.3 Å². The largest absolute Gasteiger partial charge is 0.382 e. The van der Waals surface area contributed by atoms with Crippen molar-refractivity contribution in [3.05, 3.63) is 28.8 Å². The summed E-state index contributed by atoms with van der Waals surface area (Å²) in [4.78, 5) is 4.71. The molecule has 0 amide bonds. The molecule has 1 aromatic heterocycles. The average Bonchev–Trinajstić information content (AvgIpc) is 2.96. The van der Waals surface area contributed by atoms with Crippen LogP contribution in [0, 0.1) is 29.1 Å². The van der Waals surface area contributed by atoms with Crippen molar-refractivity contribution in [1.29, 1.82) is 5.26 Å². The van der Waals surface area contributed by atoms with Crippen LogP contribution in [0.4, 0.5) is 0 Å². The first-order valence-corrected chi connectivity index (χ1v) is 8.46. The summed E-state index contributed by atoms with van der Waals surface area (Å²) in [6, 6.07) is 7.74. The molecule has 0 radical (unpaired) electrons. The lowest BCUT2D eigenvalue weighted by Gasteiger charge is -2.40. The quantitative estimate of drug-likeness (QED) is 0.871. The highest BCUT2D eigenvalue weighted by molar-refractivity contribution is 7.18. The first-order chi connectivity index (χ1) is 10.1. The molecule has 2 aromatic rings. The maximum absolute atomic E-state index is 11.4. The molecule has 1 N–H and O–H groups in total. The zero-order valence-electron chi connectivity index (χ0n) is 12.0. The molecule has 4 heteroatoms. The van der Waals surface area contributed by atoms with Crippen LogP contribution in [-0.2, 0) is 5.60 Å². The van der Waals surface area contributed by atoms with Crippen molar-refractivity contribution >= 4 is 21.6 Å². The monoisotopic (exact) mass is 298 g/mol. The number of thiazole rings is 1. The highest BCUT2D eigenvalue weighted by atomic mass is 32.1. The van der Waals surface area contributed by atoms with E-state index >= 15 is 0 Å². The summed E-state index contributed by atoms with van der Waals surface area (Å²) in [7, 11) is 0. The van der Waals surface area contributed by atoms with E-state index in [1.54, 1.807) is 17.4 Å². The molecule has 2 unspecified atom stereocenters. The van der Waals surface area contributed by atoms with Gasteiger partial charge in [-0.1, -0.05) is 6.92 Å². The first-order valence-electron chi connectivity index (χ1n) is 7.64. The Kier molecular flexibility index (Phi) is 2.85. The average molecular weight is 298 g/mol. The van der Waals surface area contributed by atoms with Gasteiger partial charge >= 0.3 is 0 Å². The second-order valence-corrected chi connectivity index (χ2v) is 7.72. The summed E-state index contributed by atoms with van der Waals surface area (Å²) in [6.45, 7) is 2.29. The van der Waals surface area contributed by atoms with Gasteiger partial charge in [-0.2, -0.15) is 5.26 Å². The van der Waals surface area contributed by atoms with Crippen molar-refractivity contribution in [3.63, 3.8) is 0 Å². The molecule has 21 heavy (non-hydrogen) atoms. The summed E-state index contributed by atoms with van der Waals surface area (Å²) in [6.07, 6.45) is 4.44. The number of nitriles is 1. The van der Waals surface area contributed by atoms with Crippen molar-refractivity contribution in [1.82, 2.24) is 4.98 Å². The van der Waals surface area contributed by atoms with E-state index in [9.17, 15) is 5.11 Å². The standard InChI is InChI=1S/C17H18N2OS/c1-10-6-12-3-4-13(7-10)17(12,20)16-19-14-5-2-11(9-18)8-15(14)21-16/h2,5,8,10,12-13,20H,3-4,6-7H2,1H3/t10?,12-,13+,17?. The molecule has 2 aliphatic carbocycles. The van der Waals surface area contributed by atoms with E-state index in [1.807, 2.05) is 12.1 Å². The van der Waals surface area contributed by atoms with E-state index in [4.69, 9.17) is 10.2 Å². The normalized spacial score (nSPS) is 35.0. The van der Waals surface area contributed by atoms with Crippen LogP contribution in [-0.4, -0.2) is 10.1 Å². The molecule has 1 heterocycles. The number of fused-ring (bicyclic) bond motifs is 3. The van der Waals surface area contributed by atoms with Gasteiger partial charge in [0.05, 0.1) is 21.8 Å². The number of aromatic nitrogens is 1. The molecule has 2 bridgehead atoms. The Bertz CT molecular complexity index is 731. The number of nitrogens with zero attached hydrogens (tertiary/aromatic N) is 2. The maximum Gasteiger partial charge on any atom is 0.126 e. The number of hydrogen-bond donors (Lipinski definition) is 1. The van der Waals surface area contributed by atoms with Crippen molar-refractivity contribution in [2.45, 2.75) is 38.2 Å². The summed E-state index contributed by atoms with van der Waals surface area (Å²) in [5, 5.41) is 21.2. The van der Waals surface area contributed by atoms with Gasteiger partial charge in [-0.3, -0.25) is 0 Å². The van der Waals surface area contributed by atoms with E-state index in [0.717, 1.165) is 40.9 Å². The Hall–Kier alpha value is -1.44. The molecular formula is C17H18N2OS. The van der Waals surface area contributed by atoms with Crippen molar-refractivity contribution in [2.24, 2.45) is 17.8 Å². The molecule has 0 saturated heterocycles. The van der Waals surface area contributed by atoms with E-state index in [0.29, 0.717) is 23.3 Å². The molecule has 4 atom stereocenters. The van der Waals surface area contributed by atoms with Gasteiger partial charge in [0.25, 0.3) is 0 Å². The minimum Gasteiger partial charge on any atom is -0.382 e. The second kappa shape index (κ2) is 4.53. The van der Waals surface area contributed by atoms with Gasteiger partial charge in [0.2, 0.25) is 0 Å². The van der Waals surface area contributed by atoms with Gasteiger partial charge in [0.15, 0.2) is 0 Å². The lowest BCUT2D eigenvalue weighted by Crippen LogP contribution is -2.41. The molecule has 0 spiro atoms. The summed E-state index contributed by atoms with van der Waals surface area (Å²) in [5.74, 6) is 1.41. The molecule has 2 fully saturated rings. The van der Waals surface area contributed by atoms with Gasteiger partial charge in [-0.15, -0.1) is 11.3 Å². The summed E-state index contributed by atoms with van der Waals surface area (Å²) in [5.41, 5.74) is 0.827. The molecule has 1 aromatic carbocycles. The molecule has 108 valence electrons. The van der Waals surface area contributed by atoms with Crippen LogP contribution in [0.3, 0.4) is 0 Å². The lowest BCUT2D eigenvalue weighted by atomic mass is 9.71. The van der Waals surface area contributed by atoms with Gasteiger partial charge in [-0.05, 0) is 61.6 Å². The Labute approximate surface area is 128 Å². The molecule has 3 nitrogen and oxygen atoms in total. The fourth-order valence-electron chi connectivity index (χ4n) is 4.35. The zero-order valence-corrected chi connectivity index (χ0v) is 12.9. The van der Waals surface area contributed by atoms with Crippen LogP contribution in [0.2, 0.25) is 0 Å². The van der Waals surface area contributed by atoms with Gasteiger partial charge in [-0.25, -0.2) is 4.98 Å². The maximum atomic E-state index is 11.4. The van der Waals surface area contributed by atoms with Gasteiger partial charge in [0, 0.05) is 0 Å². The smallest absolute Gasteiger partial charge is 0.126 e. The lowest BCUT2D eigenvalue weighted by molar-refractivity contribution is -0.0777. The fraction of sp³-hybridized carbons (Fsp3) is 0.529. The summed E-state index contributed by atoms with van der Waals surface area (Å²) >= 11 is 1.57.